The summed E-state index contributed by atoms with van der Waals surface area (Å²) in [6, 6.07) is 12.9. The Labute approximate surface area is 175 Å². The van der Waals surface area contributed by atoms with Crippen molar-refractivity contribution in [2.24, 2.45) is 12.0 Å². The van der Waals surface area contributed by atoms with E-state index in [2.05, 4.69) is 15.6 Å². The average Bonchev–Trinajstić information content (AvgIpc) is 3.33. The zero-order valence-corrected chi connectivity index (χ0v) is 17.4. The molecule has 29 heavy (non-hydrogen) atoms. The molecule has 0 spiro atoms. The molecular formula is C21H24ClN5O2. The van der Waals surface area contributed by atoms with E-state index in [-0.39, 0.29) is 11.7 Å². The molecular weight excluding hydrogens is 390 g/mol. The lowest BCUT2D eigenvalue weighted by molar-refractivity contribution is 0.0996. The lowest BCUT2D eigenvalue weighted by atomic mass is 10.2. The number of aromatic nitrogens is 1. The molecule has 2 N–H and O–H groups in total. The van der Waals surface area contributed by atoms with Crippen LogP contribution in [0.3, 0.4) is 0 Å². The second-order valence-electron chi connectivity index (χ2n) is 6.65. The number of hydrogen-bond donors (Lipinski definition) is 2. The number of amides is 1. The van der Waals surface area contributed by atoms with Crippen LogP contribution in [0, 0.1) is 0 Å². The number of benzene rings is 1. The van der Waals surface area contributed by atoms with Gasteiger partial charge in [0, 0.05) is 45.3 Å². The Kier molecular flexibility index (Phi) is 6.61. The van der Waals surface area contributed by atoms with Crippen LogP contribution < -0.4 is 10.6 Å². The van der Waals surface area contributed by atoms with E-state index in [0.717, 1.165) is 17.2 Å². The first-order valence-corrected chi connectivity index (χ1v) is 9.50. The summed E-state index contributed by atoms with van der Waals surface area (Å²) in [7, 11) is 5.68. The monoisotopic (exact) mass is 413 g/mol. The first-order valence-electron chi connectivity index (χ1n) is 9.12. The molecule has 2 heterocycles. The molecule has 0 radical (unpaired) electrons. The van der Waals surface area contributed by atoms with Gasteiger partial charge in [-0.3, -0.25) is 9.79 Å². The van der Waals surface area contributed by atoms with Crippen LogP contribution in [0.5, 0.6) is 0 Å². The number of rotatable bonds is 6. The minimum atomic E-state index is -0.281. The molecule has 0 bridgehead atoms. The smallest absolute Gasteiger partial charge is 0.291 e. The van der Waals surface area contributed by atoms with Gasteiger partial charge in [0.05, 0.1) is 17.8 Å². The Morgan fingerprint density at radius 1 is 1.28 bits per heavy atom. The van der Waals surface area contributed by atoms with Crippen molar-refractivity contribution >= 4 is 29.2 Å². The first-order chi connectivity index (χ1) is 14.0. The number of hydrogen-bond acceptors (Lipinski definition) is 3. The highest BCUT2D eigenvalue weighted by atomic mass is 35.5. The van der Waals surface area contributed by atoms with Gasteiger partial charge >= 0.3 is 0 Å². The van der Waals surface area contributed by atoms with Crippen molar-refractivity contribution in [1.29, 1.82) is 0 Å². The molecule has 1 amide bonds. The third kappa shape index (κ3) is 5.42. The van der Waals surface area contributed by atoms with Crippen LogP contribution in [0.1, 0.15) is 21.8 Å². The van der Waals surface area contributed by atoms with Crippen molar-refractivity contribution in [1.82, 2.24) is 14.8 Å². The maximum absolute atomic E-state index is 12.1. The van der Waals surface area contributed by atoms with Crippen molar-refractivity contribution in [2.45, 2.75) is 13.1 Å². The Balaban J connectivity index is 1.59. The fourth-order valence-corrected chi connectivity index (χ4v) is 3.24. The van der Waals surface area contributed by atoms with E-state index in [1.54, 1.807) is 19.2 Å². The van der Waals surface area contributed by atoms with Crippen LogP contribution >= 0.6 is 11.6 Å². The maximum Gasteiger partial charge on any atom is 0.291 e. The molecule has 1 aromatic carbocycles. The van der Waals surface area contributed by atoms with E-state index in [0.29, 0.717) is 23.8 Å². The van der Waals surface area contributed by atoms with Gasteiger partial charge in [0.1, 0.15) is 0 Å². The standard InChI is InChI=1S/C21H24ClN5O2/c1-23-21(27(3)14-18-11-16(22)13-26(18)2)24-12-15-6-4-7-17(10-15)25-20(28)19-8-5-9-29-19/h4-11,13H,12,14H2,1-3H3,(H,23,24)(H,25,28). The van der Waals surface area contributed by atoms with E-state index < -0.39 is 0 Å². The van der Waals surface area contributed by atoms with Crippen molar-refractivity contribution in [3.05, 3.63) is 77.0 Å². The fourth-order valence-electron chi connectivity index (χ4n) is 2.97. The number of anilines is 1. The third-order valence-electron chi connectivity index (χ3n) is 4.43. The van der Waals surface area contributed by atoms with Gasteiger partial charge in [0.25, 0.3) is 5.91 Å². The van der Waals surface area contributed by atoms with Crippen LogP contribution in [-0.2, 0) is 20.1 Å². The normalized spacial score (nSPS) is 11.4. The van der Waals surface area contributed by atoms with Crippen LogP contribution in [0.4, 0.5) is 5.69 Å². The molecule has 0 unspecified atom stereocenters. The fraction of sp³-hybridized carbons (Fsp3) is 0.238. The Hall–Kier alpha value is -3.19. The van der Waals surface area contributed by atoms with Gasteiger partial charge in [-0.05, 0) is 35.9 Å². The van der Waals surface area contributed by atoms with E-state index in [9.17, 15) is 4.79 Å². The quantitative estimate of drug-likeness (QED) is 0.477. The molecule has 8 heteroatoms. The maximum atomic E-state index is 12.1. The van der Waals surface area contributed by atoms with Crippen molar-refractivity contribution < 1.29 is 9.21 Å². The van der Waals surface area contributed by atoms with Crippen molar-refractivity contribution in [2.75, 3.05) is 19.4 Å². The lowest BCUT2D eigenvalue weighted by Gasteiger charge is -2.22. The van der Waals surface area contributed by atoms with Gasteiger partial charge in [-0.25, -0.2) is 0 Å². The second-order valence-corrected chi connectivity index (χ2v) is 7.09. The molecule has 7 nitrogen and oxygen atoms in total. The number of furan rings is 1. The van der Waals surface area contributed by atoms with Gasteiger partial charge in [-0.2, -0.15) is 0 Å². The number of guanidine groups is 1. The minimum absolute atomic E-state index is 0.274. The highest BCUT2D eigenvalue weighted by molar-refractivity contribution is 6.30. The second kappa shape index (κ2) is 9.34. The zero-order chi connectivity index (χ0) is 20.8. The Bertz CT molecular complexity index is 994. The minimum Gasteiger partial charge on any atom is -0.459 e. The van der Waals surface area contributed by atoms with E-state index >= 15 is 0 Å². The zero-order valence-electron chi connectivity index (χ0n) is 16.6. The predicted octanol–water partition coefficient (Wildman–Crippen LogP) is 3.73. The summed E-state index contributed by atoms with van der Waals surface area (Å²) in [6.07, 6.45) is 3.35. The van der Waals surface area contributed by atoms with E-state index in [4.69, 9.17) is 16.0 Å². The number of nitrogens with zero attached hydrogens (tertiary/aromatic N) is 3. The number of halogens is 1. The van der Waals surface area contributed by atoms with Crippen molar-refractivity contribution in [3.63, 3.8) is 0 Å². The largest absolute Gasteiger partial charge is 0.459 e. The first kappa shape index (κ1) is 20.5. The SMILES string of the molecule is CN=C(NCc1cccc(NC(=O)c2ccco2)c1)N(C)Cc1cc(Cl)cn1C. The van der Waals surface area contributed by atoms with Gasteiger partial charge in [-0.15, -0.1) is 0 Å². The number of nitrogens with one attached hydrogen (secondary N) is 2. The van der Waals surface area contributed by atoms with Crippen LogP contribution in [0.2, 0.25) is 5.02 Å². The molecule has 2 aromatic heterocycles. The lowest BCUT2D eigenvalue weighted by Crippen LogP contribution is -2.38. The summed E-state index contributed by atoms with van der Waals surface area (Å²) in [5.41, 5.74) is 2.80. The summed E-state index contributed by atoms with van der Waals surface area (Å²) in [5.74, 6) is 0.751. The Morgan fingerprint density at radius 2 is 2.10 bits per heavy atom. The highest BCUT2D eigenvalue weighted by Gasteiger charge is 2.11. The molecule has 3 aromatic rings. The molecule has 0 atom stereocenters. The molecule has 0 aliphatic heterocycles. The third-order valence-corrected chi connectivity index (χ3v) is 4.63. The number of aryl methyl sites for hydroxylation is 1. The molecule has 0 fully saturated rings. The number of carbonyl (C=O) groups excluding carboxylic acids is 1. The topological polar surface area (TPSA) is 74.8 Å². The summed E-state index contributed by atoms with van der Waals surface area (Å²) < 4.78 is 7.12. The van der Waals surface area contributed by atoms with Gasteiger partial charge < -0.3 is 24.5 Å². The average molecular weight is 414 g/mol. The number of carbonyl (C=O) groups is 1. The molecule has 0 saturated heterocycles. The molecule has 3 rings (SSSR count). The van der Waals surface area contributed by atoms with E-state index in [1.807, 2.05) is 60.1 Å². The number of aliphatic imine (C=N–C) groups is 1. The summed E-state index contributed by atoms with van der Waals surface area (Å²) >= 11 is 6.07. The molecule has 0 aliphatic carbocycles. The van der Waals surface area contributed by atoms with E-state index in [1.165, 1.54) is 6.26 Å². The molecule has 0 aliphatic rings. The van der Waals surface area contributed by atoms with Crippen LogP contribution in [0.15, 0.2) is 64.3 Å². The highest BCUT2D eigenvalue weighted by Crippen LogP contribution is 2.15. The van der Waals surface area contributed by atoms with Crippen LogP contribution in [-0.4, -0.2) is 35.4 Å². The molecule has 152 valence electrons. The Morgan fingerprint density at radius 3 is 2.76 bits per heavy atom. The molecule has 0 saturated carbocycles. The van der Waals surface area contributed by atoms with Gasteiger partial charge in [0.2, 0.25) is 0 Å². The summed E-state index contributed by atoms with van der Waals surface area (Å²) in [6.45, 7) is 1.23. The summed E-state index contributed by atoms with van der Waals surface area (Å²) in [5, 5.41) is 6.89. The predicted molar refractivity (Wildman–Crippen MR) is 115 cm³/mol. The van der Waals surface area contributed by atoms with Crippen LogP contribution in [0.25, 0.3) is 0 Å². The summed E-state index contributed by atoms with van der Waals surface area (Å²) in [4.78, 5) is 18.5. The van der Waals surface area contributed by atoms with Crippen molar-refractivity contribution in [3.8, 4) is 0 Å². The van der Waals surface area contributed by atoms with Gasteiger partial charge in [-0.1, -0.05) is 23.7 Å². The van der Waals surface area contributed by atoms with Gasteiger partial charge in [0.15, 0.2) is 11.7 Å².